The molecule has 0 N–H and O–H groups in total. The molecule has 0 spiro atoms. The van der Waals surface area contributed by atoms with Crippen molar-refractivity contribution in [1.82, 2.24) is 0 Å². The average molecular weight is 971 g/mol. The molecule has 2 heterocycles. The fraction of sp³-hybridized carbons (Fsp3) is 0.138. The monoisotopic (exact) mass is 968 g/mol. The van der Waals surface area contributed by atoms with Crippen LogP contribution in [-0.2, 0) is 18.0 Å². The van der Waals surface area contributed by atoms with Gasteiger partial charge in [-0.25, -0.2) is 0 Å². The van der Waals surface area contributed by atoms with Crippen molar-refractivity contribution in [3.8, 4) is 67.2 Å². The normalized spacial score (nSPS) is 11.0. The van der Waals surface area contributed by atoms with Gasteiger partial charge in [0.1, 0.15) is 0 Å². The van der Waals surface area contributed by atoms with E-state index in [0.717, 1.165) is 34.2 Å². The Kier molecular flexibility index (Phi) is 14.1. The smallest absolute Gasteiger partial charge is 0.0896 e. The number of fused-ring (bicyclic) bond motifs is 2. The minimum absolute atomic E-state index is 0.224. The maximum absolute atomic E-state index is 5.87. The Balaban J connectivity index is 0.000000156. The first-order chi connectivity index (χ1) is 30.8. The third kappa shape index (κ3) is 10.0. The van der Waals surface area contributed by atoms with E-state index in [1.54, 1.807) is 0 Å². The van der Waals surface area contributed by atoms with E-state index in [0.29, 0.717) is 0 Å². The fourth-order valence-electron chi connectivity index (χ4n) is 8.33. The minimum Gasteiger partial charge on any atom is -0.496 e. The molecule has 8 aromatic carbocycles. The molecule has 0 aliphatic carbocycles. The standard InChI is InChI=1S/2C28H23O.C2H6Si.2ClH.Zr/c2*1-18-15-24-16-25(27-14-9-19(2)29-27)17-26(24)28(20(18)3)23-12-10-22(11-13-23)21-7-5-4-6-8-21;1-3-2;;;/h2*4-17H,1-3H3;1-2H3;2*1H;/q2*-1;;;;+2/p-2. The Labute approximate surface area is 393 Å². The topological polar surface area (TPSA) is 26.3 Å². The van der Waals surface area contributed by atoms with Crippen molar-refractivity contribution in [1.29, 1.82) is 0 Å². The van der Waals surface area contributed by atoms with Crippen LogP contribution in [0.2, 0.25) is 13.1 Å². The van der Waals surface area contributed by atoms with E-state index in [2.05, 4.69) is 199 Å². The molecule has 0 aliphatic rings. The second-order valence-corrected chi connectivity index (χ2v) is 39.8. The van der Waals surface area contributed by atoms with E-state index in [9.17, 15) is 0 Å². The molecule has 0 saturated heterocycles. The molecule has 10 aromatic rings. The molecule has 0 amide bonds. The van der Waals surface area contributed by atoms with Crippen LogP contribution >= 0.6 is 17.0 Å². The molecule has 10 rings (SSSR count). The molecule has 2 aromatic heterocycles. The van der Waals surface area contributed by atoms with Gasteiger partial charge < -0.3 is 8.83 Å². The molecule has 0 atom stereocenters. The molecule has 0 fully saturated rings. The molecule has 0 aliphatic heterocycles. The number of hydrogen-bond donors (Lipinski definition) is 0. The van der Waals surface area contributed by atoms with Crippen LogP contribution in [0, 0.1) is 41.5 Å². The van der Waals surface area contributed by atoms with Crippen LogP contribution in [0.25, 0.3) is 88.7 Å². The Morgan fingerprint density at radius 1 is 0.422 bits per heavy atom. The van der Waals surface area contributed by atoms with Crippen molar-refractivity contribution >= 4 is 44.0 Å². The van der Waals surface area contributed by atoms with Gasteiger partial charge in [-0.2, -0.15) is 0 Å². The second kappa shape index (κ2) is 19.9. The van der Waals surface area contributed by atoms with Crippen molar-refractivity contribution < 1.29 is 26.8 Å². The first-order valence-electron chi connectivity index (χ1n) is 21.7. The van der Waals surface area contributed by atoms with Crippen LogP contribution in [0.3, 0.4) is 0 Å². The van der Waals surface area contributed by atoms with Crippen LogP contribution in [0.15, 0.2) is 179 Å². The van der Waals surface area contributed by atoms with Gasteiger partial charge in [-0.05, 0) is 110 Å². The molecular weight excluding hydrogens is 919 g/mol. The second-order valence-electron chi connectivity index (χ2n) is 16.8. The minimum atomic E-state index is -1.65. The third-order valence-electron chi connectivity index (χ3n) is 12.0. The summed E-state index contributed by atoms with van der Waals surface area (Å²) in [4.78, 5) is 0. The summed E-state index contributed by atoms with van der Waals surface area (Å²) in [7, 11) is 11.2. The van der Waals surface area contributed by atoms with Crippen molar-refractivity contribution in [3.63, 3.8) is 0 Å². The summed E-state index contributed by atoms with van der Waals surface area (Å²) in [6, 6.07) is 60.6. The maximum atomic E-state index is 5.87. The first-order valence-corrected chi connectivity index (χ1v) is 34.2. The van der Waals surface area contributed by atoms with E-state index in [1.807, 2.05) is 26.0 Å². The van der Waals surface area contributed by atoms with Crippen molar-refractivity contribution in [2.75, 3.05) is 0 Å². The number of aryl methyl sites for hydroxylation is 4. The molecular formula is C58H52Cl2O2SiZr-2. The van der Waals surface area contributed by atoms with Gasteiger partial charge >= 0.3 is 53.5 Å². The Morgan fingerprint density at radius 2 is 0.750 bits per heavy atom. The van der Waals surface area contributed by atoms with Gasteiger partial charge in [0.05, 0.1) is 23.0 Å². The number of rotatable bonds is 6. The summed E-state index contributed by atoms with van der Waals surface area (Å²) in [6.45, 7) is 17.1. The maximum Gasteiger partial charge on any atom is 0.0896 e. The van der Waals surface area contributed by atoms with Gasteiger partial charge in [-0.3, -0.25) is 0 Å². The molecule has 0 unspecified atom stereocenters. The first kappa shape index (κ1) is 45.4. The number of benzene rings is 6. The quantitative estimate of drug-likeness (QED) is 0.123. The zero-order valence-electron chi connectivity index (χ0n) is 37.7. The van der Waals surface area contributed by atoms with E-state index >= 15 is 0 Å². The Morgan fingerprint density at radius 3 is 1.06 bits per heavy atom. The van der Waals surface area contributed by atoms with Crippen LogP contribution in [0.4, 0.5) is 0 Å². The molecule has 0 bridgehead atoms. The van der Waals surface area contributed by atoms with Gasteiger partial charge in [-0.1, -0.05) is 143 Å². The van der Waals surface area contributed by atoms with Crippen molar-refractivity contribution in [2.24, 2.45) is 0 Å². The van der Waals surface area contributed by atoms with Crippen LogP contribution < -0.4 is 0 Å². The molecule has 0 radical (unpaired) electrons. The summed E-state index contributed by atoms with van der Waals surface area (Å²) in [5.74, 6) is 3.74. The van der Waals surface area contributed by atoms with Gasteiger partial charge in [0.15, 0.2) is 0 Å². The zero-order chi connectivity index (χ0) is 45.1. The molecule has 64 heavy (non-hydrogen) atoms. The molecule has 2 nitrogen and oxygen atoms in total. The molecule has 0 saturated carbocycles. The van der Waals surface area contributed by atoms with Gasteiger partial charge in [0.2, 0.25) is 0 Å². The van der Waals surface area contributed by atoms with Gasteiger partial charge in [0, 0.05) is 0 Å². The van der Waals surface area contributed by atoms with Crippen LogP contribution in [0.5, 0.6) is 0 Å². The largest absolute Gasteiger partial charge is 0.496 e. The van der Waals surface area contributed by atoms with Crippen LogP contribution in [0.1, 0.15) is 33.8 Å². The summed E-state index contributed by atoms with van der Waals surface area (Å²) in [5.41, 5.74) is 17.4. The predicted octanol–water partition coefficient (Wildman–Crippen LogP) is 18.3. The third-order valence-corrected chi connectivity index (χ3v) is 31.8. The van der Waals surface area contributed by atoms with E-state index in [1.165, 1.54) is 88.3 Å². The summed E-state index contributed by atoms with van der Waals surface area (Å²) < 4.78 is 11.7. The summed E-state index contributed by atoms with van der Waals surface area (Å²) >= 11 is -1.65. The van der Waals surface area contributed by atoms with E-state index in [4.69, 9.17) is 25.9 Å². The molecule has 320 valence electrons. The summed E-state index contributed by atoms with van der Waals surface area (Å²) in [5, 5.41) is 5.09. The average Bonchev–Trinajstić information content (AvgIpc) is 4.13. The van der Waals surface area contributed by atoms with Crippen molar-refractivity contribution in [3.05, 3.63) is 204 Å². The Bertz CT molecular complexity index is 3010. The SMILES string of the molecule is C[Si](C)=[Zr]([Cl])[Cl].Cc1ccc(-c2cc3c(-c4ccc(-c5ccccc5)cc4)c(C)c(C)cc3[cH-]2)o1.Cc1ccc(-c2cc3c(-c4ccc(-c5ccccc5)cc4)c(C)c(C)cc3[cH-]2)o1. The fourth-order valence-corrected chi connectivity index (χ4v) is 8.33. The van der Waals surface area contributed by atoms with E-state index in [-0.39, 0.29) is 5.43 Å². The zero-order valence-corrected chi connectivity index (χ0v) is 42.7. The predicted molar refractivity (Wildman–Crippen MR) is 274 cm³/mol. The van der Waals surface area contributed by atoms with Crippen LogP contribution in [-0.4, -0.2) is 5.43 Å². The number of furan rings is 2. The number of hydrogen-bond acceptors (Lipinski definition) is 2. The van der Waals surface area contributed by atoms with E-state index < -0.39 is 18.0 Å². The van der Waals surface area contributed by atoms with Crippen molar-refractivity contribution in [2.45, 2.75) is 54.6 Å². The Hall–Kier alpha value is -5.22. The molecule has 6 heteroatoms. The summed E-state index contributed by atoms with van der Waals surface area (Å²) in [6.07, 6.45) is 0. The van der Waals surface area contributed by atoms with Gasteiger partial charge in [0.25, 0.3) is 0 Å². The number of halogens is 2. The van der Waals surface area contributed by atoms with Gasteiger partial charge in [-0.15, -0.1) is 57.9 Å².